The van der Waals surface area contributed by atoms with Crippen LogP contribution in [0.5, 0.6) is 0 Å². The van der Waals surface area contributed by atoms with E-state index in [1.165, 1.54) is 0 Å². The van der Waals surface area contributed by atoms with E-state index in [4.69, 9.17) is 4.98 Å². The molecule has 94 valence electrons. The van der Waals surface area contributed by atoms with Gasteiger partial charge in [0.05, 0.1) is 11.4 Å². The Morgan fingerprint density at radius 1 is 1.00 bits per heavy atom. The third-order valence-electron chi connectivity index (χ3n) is 3.60. The molecule has 0 unspecified atom stereocenters. The zero-order valence-electron chi connectivity index (χ0n) is 10.8. The van der Waals surface area contributed by atoms with Gasteiger partial charge >= 0.3 is 0 Å². The fourth-order valence-corrected chi connectivity index (χ4v) is 2.69. The smallest absolute Gasteiger partial charge is 0.178 e. The van der Waals surface area contributed by atoms with Crippen molar-refractivity contribution >= 4 is 22.8 Å². The Bertz CT molecular complexity index is 894. The van der Waals surface area contributed by atoms with Crippen LogP contribution in [0, 0.1) is 0 Å². The first kappa shape index (κ1) is 11.1. The number of hydrogen-bond donors (Lipinski definition) is 0. The van der Waals surface area contributed by atoms with Crippen molar-refractivity contribution in [3.63, 3.8) is 0 Å². The van der Waals surface area contributed by atoms with E-state index >= 15 is 0 Å². The minimum absolute atomic E-state index is 0.653. The largest absolute Gasteiger partial charge is 0.242 e. The van der Waals surface area contributed by atoms with Gasteiger partial charge in [0.15, 0.2) is 5.65 Å². The van der Waals surface area contributed by atoms with Gasteiger partial charge in [0, 0.05) is 17.3 Å². The lowest BCUT2D eigenvalue weighted by Crippen LogP contribution is -1.93. The predicted molar refractivity (Wildman–Crippen MR) is 81.0 cm³/mol. The molecule has 3 nitrogen and oxygen atoms in total. The average molecular weight is 257 g/mol. The fourth-order valence-electron chi connectivity index (χ4n) is 2.69. The summed E-state index contributed by atoms with van der Waals surface area (Å²) in [6, 6.07) is 9.88. The molecule has 1 aliphatic carbocycles. The Hall–Kier alpha value is -2.81. The number of benzene rings is 1. The zero-order valence-corrected chi connectivity index (χ0v) is 10.8. The maximum atomic E-state index is 4.70. The summed E-state index contributed by atoms with van der Waals surface area (Å²) in [7, 11) is 0. The molecular weight excluding hydrogens is 246 g/mol. The molecule has 0 N–H and O–H groups in total. The van der Waals surface area contributed by atoms with Crippen molar-refractivity contribution in [1.29, 1.82) is 0 Å². The topological polar surface area (TPSA) is 38.7 Å². The lowest BCUT2D eigenvalue weighted by Gasteiger charge is -2.03. The van der Waals surface area contributed by atoms with Crippen LogP contribution in [0.1, 0.15) is 16.8 Å². The monoisotopic (exact) mass is 257 g/mol. The zero-order chi connectivity index (χ0) is 13.7. The highest BCUT2D eigenvalue weighted by Gasteiger charge is 2.27. The summed E-state index contributed by atoms with van der Waals surface area (Å²) in [5, 5.41) is 0. The van der Waals surface area contributed by atoms with Gasteiger partial charge < -0.3 is 0 Å². The van der Waals surface area contributed by atoms with Gasteiger partial charge in [-0.2, -0.15) is 0 Å². The molecule has 0 fully saturated rings. The summed E-state index contributed by atoms with van der Waals surface area (Å²) in [6.45, 7) is 8.04. The fraction of sp³-hybridized carbons (Fsp3) is 0. The molecule has 0 radical (unpaired) electrons. The number of fused-ring (bicyclic) bond motifs is 4. The van der Waals surface area contributed by atoms with E-state index in [1.807, 2.05) is 30.3 Å². The van der Waals surface area contributed by atoms with Gasteiger partial charge in [-0.25, -0.2) is 15.0 Å². The molecule has 0 bridgehead atoms. The SMILES string of the molecule is C=Cc1cccc2c1C(=C)c1nc3ncccc3nc1-2. The lowest BCUT2D eigenvalue weighted by atomic mass is 10.0. The molecule has 1 aromatic carbocycles. The molecule has 2 aromatic heterocycles. The van der Waals surface area contributed by atoms with E-state index < -0.39 is 0 Å². The normalized spacial score (nSPS) is 12.3. The van der Waals surface area contributed by atoms with Crippen molar-refractivity contribution in [2.45, 2.75) is 0 Å². The van der Waals surface area contributed by atoms with Gasteiger partial charge in [-0.05, 0) is 23.3 Å². The molecule has 0 spiro atoms. The van der Waals surface area contributed by atoms with Gasteiger partial charge in [-0.3, -0.25) is 0 Å². The van der Waals surface area contributed by atoms with Crippen LogP contribution in [-0.4, -0.2) is 15.0 Å². The van der Waals surface area contributed by atoms with Crippen LogP contribution >= 0.6 is 0 Å². The Morgan fingerprint density at radius 2 is 1.90 bits per heavy atom. The maximum absolute atomic E-state index is 4.70. The number of aromatic nitrogens is 3. The quantitative estimate of drug-likeness (QED) is 0.521. The summed E-state index contributed by atoms with van der Waals surface area (Å²) >= 11 is 0. The number of hydrogen-bond acceptors (Lipinski definition) is 3. The highest BCUT2D eigenvalue weighted by atomic mass is 14.9. The van der Waals surface area contributed by atoms with Gasteiger partial charge in [-0.1, -0.05) is 37.4 Å². The molecule has 1 aliphatic rings. The molecule has 0 saturated carbocycles. The predicted octanol–water partition coefficient (Wildman–Crippen LogP) is 3.71. The molecule has 3 aromatic rings. The van der Waals surface area contributed by atoms with Gasteiger partial charge in [0.1, 0.15) is 5.52 Å². The minimum atomic E-state index is 0.653. The van der Waals surface area contributed by atoms with Crippen molar-refractivity contribution in [1.82, 2.24) is 15.0 Å². The van der Waals surface area contributed by atoms with Crippen LogP contribution in [-0.2, 0) is 0 Å². The van der Waals surface area contributed by atoms with Crippen LogP contribution in [0.25, 0.3) is 34.1 Å². The van der Waals surface area contributed by atoms with Crippen LogP contribution < -0.4 is 0 Å². The Morgan fingerprint density at radius 3 is 2.75 bits per heavy atom. The number of rotatable bonds is 1. The van der Waals surface area contributed by atoms with E-state index in [2.05, 4.69) is 29.2 Å². The van der Waals surface area contributed by atoms with Crippen LogP contribution in [0.15, 0.2) is 49.7 Å². The first-order valence-electron chi connectivity index (χ1n) is 6.38. The third-order valence-corrected chi connectivity index (χ3v) is 3.60. The Labute approximate surface area is 116 Å². The first-order valence-corrected chi connectivity index (χ1v) is 6.38. The van der Waals surface area contributed by atoms with Gasteiger partial charge in [0.2, 0.25) is 0 Å². The van der Waals surface area contributed by atoms with E-state index in [1.54, 1.807) is 6.20 Å². The summed E-state index contributed by atoms with van der Waals surface area (Å²) < 4.78 is 0. The second-order valence-corrected chi connectivity index (χ2v) is 4.72. The highest BCUT2D eigenvalue weighted by Crippen LogP contribution is 2.43. The van der Waals surface area contributed by atoms with Crippen molar-refractivity contribution in [2.24, 2.45) is 0 Å². The summed E-state index contributed by atoms with van der Waals surface area (Å²) in [4.78, 5) is 13.6. The molecule has 4 rings (SSSR count). The van der Waals surface area contributed by atoms with Crippen molar-refractivity contribution in [3.8, 4) is 11.3 Å². The second-order valence-electron chi connectivity index (χ2n) is 4.72. The standard InChI is InChI=1S/C17H11N3/c1-3-11-6-4-7-12-14(11)10(2)15-16(12)19-13-8-5-9-18-17(13)20-15/h3-9H,1-2H2. The van der Waals surface area contributed by atoms with E-state index in [9.17, 15) is 0 Å². The van der Waals surface area contributed by atoms with E-state index in [-0.39, 0.29) is 0 Å². The number of pyridine rings is 1. The van der Waals surface area contributed by atoms with Gasteiger partial charge in [-0.15, -0.1) is 0 Å². The second kappa shape index (κ2) is 3.84. The molecule has 0 atom stereocenters. The van der Waals surface area contributed by atoms with Crippen LogP contribution in [0.2, 0.25) is 0 Å². The van der Waals surface area contributed by atoms with Crippen LogP contribution in [0.3, 0.4) is 0 Å². The third kappa shape index (κ3) is 1.32. The molecule has 0 aliphatic heterocycles. The highest BCUT2D eigenvalue weighted by molar-refractivity contribution is 6.01. The van der Waals surface area contributed by atoms with E-state index in [0.717, 1.165) is 39.2 Å². The summed E-state index contributed by atoms with van der Waals surface area (Å²) in [5.41, 5.74) is 7.26. The summed E-state index contributed by atoms with van der Waals surface area (Å²) in [6.07, 6.45) is 3.57. The maximum Gasteiger partial charge on any atom is 0.178 e. The lowest BCUT2D eigenvalue weighted by molar-refractivity contribution is 1.21. The summed E-state index contributed by atoms with van der Waals surface area (Å²) in [5.74, 6) is 0. The van der Waals surface area contributed by atoms with Crippen molar-refractivity contribution in [3.05, 3.63) is 66.5 Å². The average Bonchev–Trinajstić information content (AvgIpc) is 2.78. The van der Waals surface area contributed by atoms with Crippen LogP contribution in [0.4, 0.5) is 0 Å². The minimum Gasteiger partial charge on any atom is -0.242 e. The molecule has 0 amide bonds. The van der Waals surface area contributed by atoms with Crippen molar-refractivity contribution in [2.75, 3.05) is 0 Å². The molecule has 3 heteroatoms. The Balaban J connectivity index is 2.12. The van der Waals surface area contributed by atoms with E-state index in [0.29, 0.717) is 5.65 Å². The van der Waals surface area contributed by atoms with Gasteiger partial charge in [0.25, 0.3) is 0 Å². The molecule has 2 heterocycles. The molecule has 20 heavy (non-hydrogen) atoms. The van der Waals surface area contributed by atoms with Crippen molar-refractivity contribution < 1.29 is 0 Å². The Kier molecular flexibility index (Phi) is 2.12. The first-order chi connectivity index (χ1) is 9.79. The molecule has 0 saturated heterocycles. The number of nitrogens with zero attached hydrogens (tertiary/aromatic N) is 3. The molecular formula is C17H11N3.